The first-order chi connectivity index (χ1) is 6.74. The lowest BCUT2D eigenvalue weighted by Gasteiger charge is -1.97. The number of ketones is 1. The van der Waals surface area contributed by atoms with E-state index < -0.39 is 0 Å². The Morgan fingerprint density at radius 3 is 2.93 bits per heavy atom. The zero-order valence-corrected chi connectivity index (χ0v) is 7.66. The van der Waals surface area contributed by atoms with Gasteiger partial charge in [-0.25, -0.2) is 0 Å². The summed E-state index contributed by atoms with van der Waals surface area (Å²) >= 11 is 0. The maximum absolute atomic E-state index is 11.3. The number of carbonyl (C=O) groups excluding carboxylic acids is 1. The predicted octanol–water partition coefficient (Wildman–Crippen LogP) is 2.24. The molecule has 0 saturated heterocycles. The van der Waals surface area contributed by atoms with E-state index in [0.717, 1.165) is 10.9 Å². The van der Waals surface area contributed by atoms with Crippen LogP contribution in [0.25, 0.3) is 10.9 Å². The van der Waals surface area contributed by atoms with Crippen LogP contribution >= 0.6 is 0 Å². The highest BCUT2D eigenvalue weighted by atomic mass is 16.1. The zero-order chi connectivity index (χ0) is 10.1. The molecule has 1 N–H and O–H groups in total. The first-order valence-corrected chi connectivity index (χ1v) is 4.25. The number of nitriles is 1. The van der Waals surface area contributed by atoms with E-state index in [9.17, 15) is 4.79 Å². The van der Waals surface area contributed by atoms with Gasteiger partial charge in [0.05, 0.1) is 11.1 Å². The Balaban J connectivity index is 2.85. The predicted molar refractivity (Wildman–Crippen MR) is 53.0 cm³/mol. The van der Waals surface area contributed by atoms with Crippen LogP contribution in [0.2, 0.25) is 0 Å². The summed E-state index contributed by atoms with van der Waals surface area (Å²) in [4.78, 5) is 14.2. The fourth-order valence-corrected chi connectivity index (χ4v) is 1.54. The van der Waals surface area contributed by atoms with E-state index in [0.29, 0.717) is 11.1 Å². The number of hydrogen-bond acceptors (Lipinski definition) is 2. The van der Waals surface area contributed by atoms with Gasteiger partial charge in [0.1, 0.15) is 6.07 Å². The second kappa shape index (κ2) is 3.00. The van der Waals surface area contributed by atoms with Crippen molar-refractivity contribution in [3.8, 4) is 6.07 Å². The number of hydrogen-bond donors (Lipinski definition) is 1. The summed E-state index contributed by atoms with van der Waals surface area (Å²) in [7, 11) is 0. The number of fused-ring (bicyclic) bond motifs is 1. The van der Waals surface area contributed by atoms with Crippen LogP contribution in [0.1, 0.15) is 22.8 Å². The lowest BCUT2D eigenvalue weighted by atomic mass is 10.1. The number of H-pyrrole nitrogens is 1. The van der Waals surface area contributed by atoms with E-state index in [1.165, 1.54) is 6.92 Å². The minimum Gasteiger partial charge on any atom is -0.359 e. The third-order valence-corrected chi connectivity index (χ3v) is 2.22. The van der Waals surface area contributed by atoms with Gasteiger partial charge in [-0.1, -0.05) is 12.1 Å². The van der Waals surface area contributed by atoms with Gasteiger partial charge >= 0.3 is 0 Å². The van der Waals surface area contributed by atoms with Crippen molar-refractivity contribution in [1.29, 1.82) is 5.26 Å². The monoisotopic (exact) mass is 184 g/mol. The Morgan fingerprint density at radius 1 is 1.50 bits per heavy atom. The number of nitrogens with zero attached hydrogens (tertiary/aromatic N) is 1. The third kappa shape index (κ3) is 1.09. The number of benzene rings is 1. The van der Waals surface area contributed by atoms with Gasteiger partial charge in [-0.05, 0) is 13.0 Å². The molecule has 2 rings (SSSR count). The Kier molecular flexibility index (Phi) is 1.83. The van der Waals surface area contributed by atoms with Crippen LogP contribution < -0.4 is 0 Å². The van der Waals surface area contributed by atoms with Crippen molar-refractivity contribution in [2.24, 2.45) is 0 Å². The number of nitrogens with one attached hydrogen (secondary N) is 1. The van der Waals surface area contributed by atoms with Gasteiger partial charge in [-0.15, -0.1) is 0 Å². The number of aromatic amines is 1. The summed E-state index contributed by atoms with van der Waals surface area (Å²) in [5, 5.41) is 9.60. The molecule has 1 aromatic carbocycles. The van der Waals surface area contributed by atoms with Gasteiger partial charge in [0.2, 0.25) is 0 Å². The minimum absolute atomic E-state index is 0.00180. The topological polar surface area (TPSA) is 56.6 Å². The average Bonchev–Trinajstić information content (AvgIpc) is 2.59. The molecule has 0 saturated carbocycles. The standard InChI is InChI=1S/C11H8N2O/c1-7(14)9-3-2-4-10-8(5-12)6-13-11(9)10/h2-4,6,13H,1H3. The zero-order valence-electron chi connectivity index (χ0n) is 7.66. The largest absolute Gasteiger partial charge is 0.359 e. The van der Waals surface area contributed by atoms with Gasteiger partial charge in [0.15, 0.2) is 5.78 Å². The van der Waals surface area contributed by atoms with Crippen molar-refractivity contribution in [2.45, 2.75) is 6.92 Å². The van der Waals surface area contributed by atoms with Crippen molar-refractivity contribution >= 4 is 16.7 Å². The van der Waals surface area contributed by atoms with Crippen LogP contribution in [0.15, 0.2) is 24.4 Å². The second-order valence-electron chi connectivity index (χ2n) is 3.10. The van der Waals surface area contributed by atoms with Crippen LogP contribution in [0.4, 0.5) is 0 Å². The molecule has 2 aromatic rings. The van der Waals surface area contributed by atoms with Crippen molar-refractivity contribution < 1.29 is 4.79 Å². The molecule has 0 radical (unpaired) electrons. The van der Waals surface area contributed by atoms with Crippen molar-refractivity contribution in [2.75, 3.05) is 0 Å². The maximum atomic E-state index is 11.3. The van der Waals surface area contributed by atoms with E-state index in [1.54, 1.807) is 18.3 Å². The van der Waals surface area contributed by atoms with E-state index in [2.05, 4.69) is 11.1 Å². The van der Waals surface area contributed by atoms with E-state index in [-0.39, 0.29) is 5.78 Å². The quantitative estimate of drug-likeness (QED) is 0.691. The van der Waals surface area contributed by atoms with Crippen LogP contribution in [-0.2, 0) is 0 Å². The van der Waals surface area contributed by atoms with Gasteiger partial charge in [-0.2, -0.15) is 5.26 Å². The van der Waals surface area contributed by atoms with Gasteiger partial charge in [0.25, 0.3) is 0 Å². The van der Waals surface area contributed by atoms with Gasteiger partial charge in [-0.3, -0.25) is 4.79 Å². The summed E-state index contributed by atoms with van der Waals surface area (Å²) in [6.45, 7) is 1.52. The Labute approximate surface area is 81.0 Å². The number of aromatic nitrogens is 1. The molecule has 3 nitrogen and oxygen atoms in total. The van der Waals surface area contributed by atoms with Crippen LogP contribution in [0, 0.1) is 11.3 Å². The second-order valence-corrected chi connectivity index (χ2v) is 3.10. The Bertz CT molecular complexity index is 546. The molecule has 0 spiro atoms. The molecular weight excluding hydrogens is 176 g/mol. The number of rotatable bonds is 1. The normalized spacial score (nSPS) is 10.0. The smallest absolute Gasteiger partial charge is 0.161 e. The van der Waals surface area contributed by atoms with Gasteiger partial charge < -0.3 is 4.98 Å². The molecule has 0 aliphatic heterocycles. The van der Waals surface area contributed by atoms with Crippen LogP contribution in [0.3, 0.4) is 0 Å². The highest BCUT2D eigenvalue weighted by Crippen LogP contribution is 2.21. The summed E-state index contributed by atoms with van der Waals surface area (Å²) in [5.74, 6) is 0.00180. The lowest BCUT2D eigenvalue weighted by molar-refractivity contribution is 0.101. The average molecular weight is 184 g/mol. The molecule has 0 bridgehead atoms. The fourth-order valence-electron chi connectivity index (χ4n) is 1.54. The molecule has 0 atom stereocenters. The maximum Gasteiger partial charge on any atom is 0.161 e. The molecule has 0 unspecified atom stereocenters. The van der Waals surface area contributed by atoms with Crippen molar-refractivity contribution in [3.05, 3.63) is 35.5 Å². The van der Waals surface area contributed by atoms with Crippen molar-refractivity contribution in [1.82, 2.24) is 4.98 Å². The molecule has 68 valence electrons. The number of carbonyl (C=O) groups is 1. The number of Topliss-reactive ketones (excluding diaryl/α,β-unsaturated/α-hetero) is 1. The van der Waals surface area contributed by atoms with Crippen LogP contribution in [0.5, 0.6) is 0 Å². The summed E-state index contributed by atoms with van der Waals surface area (Å²) < 4.78 is 0. The molecule has 0 aliphatic carbocycles. The highest BCUT2D eigenvalue weighted by molar-refractivity contribution is 6.06. The molecule has 1 aromatic heterocycles. The fraction of sp³-hybridized carbons (Fsp3) is 0.0909. The third-order valence-electron chi connectivity index (χ3n) is 2.22. The van der Waals surface area contributed by atoms with E-state index in [1.807, 2.05) is 6.07 Å². The first kappa shape index (κ1) is 8.52. The lowest BCUT2D eigenvalue weighted by Crippen LogP contribution is -1.92. The molecule has 3 heteroatoms. The van der Waals surface area contributed by atoms with Crippen molar-refractivity contribution in [3.63, 3.8) is 0 Å². The SMILES string of the molecule is CC(=O)c1cccc2c(C#N)c[nH]c12. The first-order valence-electron chi connectivity index (χ1n) is 4.25. The molecular formula is C11H8N2O. The molecule has 1 heterocycles. The Hall–Kier alpha value is -2.08. The molecule has 0 fully saturated rings. The molecule has 14 heavy (non-hydrogen) atoms. The Morgan fingerprint density at radius 2 is 2.29 bits per heavy atom. The van der Waals surface area contributed by atoms with Gasteiger partial charge in [0, 0.05) is 17.1 Å². The molecule has 0 amide bonds. The summed E-state index contributed by atoms with van der Waals surface area (Å²) in [6, 6.07) is 7.44. The minimum atomic E-state index is 0.00180. The highest BCUT2D eigenvalue weighted by Gasteiger charge is 2.09. The van der Waals surface area contributed by atoms with E-state index >= 15 is 0 Å². The summed E-state index contributed by atoms with van der Waals surface area (Å²) in [6.07, 6.45) is 1.62. The van der Waals surface area contributed by atoms with E-state index in [4.69, 9.17) is 5.26 Å². The molecule has 0 aliphatic rings. The number of para-hydroxylation sites is 1. The summed E-state index contributed by atoms with van der Waals surface area (Å²) in [5.41, 5.74) is 1.95. The van der Waals surface area contributed by atoms with Crippen LogP contribution in [-0.4, -0.2) is 10.8 Å².